The highest BCUT2D eigenvalue weighted by atomic mass is 16.6. The van der Waals surface area contributed by atoms with Crippen molar-refractivity contribution in [3.05, 3.63) is 24.7 Å². The minimum Gasteiger partial charge on any atom is -0.480 e. The van der Waals surface area contributed by atoms with Crippen LogP contribution >= 0.6 is 0 Å². The Morgan fingerprint density at radius 2 is 1.96 bits per heavy atom. The van der Waals surface area contributed by atoms with Gasteiger partial charge in [-0.25, -0.2) is 14.8 Å². The second-order valence-electron chi connectivity index (χ2n) is 6.16. The van der Waals surface area contributed by atoms with Crippen molar-refractivity contribution >= 4 is 11.8 Å². The number of hydrogen-bond acceptors (Lipinski definition) is 7. The van der Waals surface area contributed by atoms with E-state index in [4.69, 9.17) is 15.2 Å². The number of nitrogens with two attached hydrogens (primary N) is 1. The first-order valence-electron chi connectivity index (χ1n) is 7.30. The molecule has 2 aromatic heterocycles. The van der Waals surface area contributed by atoms with E-state index in [1.54, 1.807) is 19.3 Å². The Bertz CT molecular complexity index is 743. The largest absolute Gasteiger partial charge is 0.480 e. The lowest BCUT2D eigenvalue weighted by atomic mass is 10.1. The molecule has 0 radical (unpaired) electrons. The van der Waals surface area contributed by atoms with Gasteiger partial charge in [-0.05, 0) is 26.8 Å². The molecule has 0 spiro atoms. The van der Waals surface area contributed by atoms with E-state index in [1.807, 2.05) is 20.8 Å². The number of nitrogens with zero attached hydrogens (tertiary/aromatic N) is 4. The lowest BCUT2D eigenvalue weighted by Gasteiger charge is -2.30. The standard InChI is InChI=1S/C16H21N5O3/c1-16(2,3)21(4)15(22)24-13-9-18-8-12(20-13)10-6-11(17)14(23-5)19-7-10/h6-9H,17H2,1-5H3. The summed E-state index contributed by atoms with van der Waals surface area (Å²) in [6, 6.07) is 1.67. The van der Waals surface area contributed by atoms with Gasteiger partial charge in [0.2, 0.25) is 11.8 Å². The van der Waals surface area contributed by atoms with Crippen LogP contribution in [0.15, 0.2) is 24.7 Å². The summed E-state index contributed by atoms with van der Waals surface area (Å²) in [5.74, 6) is 0.434. The van der Waals surface area contributed by atoms with Crippen molar-refractivity contribution in [2.45, 2.75) is 26.3 Å². The van der Waals surface area contributed by atoms with Gasteiger partial charge in [0.1, 0.15) is 0 Å². The van der Waals surface area contributed by atoms with E-state index in [0.717, 1.165) is 0 Å². The molecular formula is C16H21N5O3. The van der Waals surface area contributed by atoms with E-state index in [1.165, 1.54) is 24.4 Å². The highest BCUT2D eigenvalue weighted by molar-refractivity contribution is 5.71. The molecule has 0 fully saturated rings. The van der Waals surface area contributed by atoms with Gasteiger partial charge in [0.15, 0.2) is 0 Å². The summed E-state index contributed by atoms with van der Waals surface area (Å²) in [6.45, 7) is 5.71. The number of pyridine rings is 1. The molecule has 2 aromatic rings. The number of hydrogen-bond donors (Lipinski definition) is 1. The molecule has 0 atom stereocenters. The molecule has 8 heteroatoms. The third kappa shape index (κ3) is 3.89. The summed E-state index contributed by atoms with van der Waals surface area (Å²) in [4.78, 5) is 26.0. The Morgan fingerprint density at radius 1 is 1.25 bits per heavy atom. The van der Waals surface area contributed by atoms with Crippen molar-refractivity contribution in [2.24, 2.45) is 0 Å². The molecule has 0 unspecified atom stereocenters. The molecule has 2 rings (SSSR count). The summed E-state index contributed by atoms with van der Waals surface area (Å²) in [5.41, 5.74) is 6.99. The minimum atomic E-state index is -0.513. The maximum absolute atomic E-state index is 12.1. The molecule has 8 nitrogen and oxygen atoms in total. The highest BCUT2D eigenvalue weighted by Crippen LogP contribution is 2.25. The van der Waals surface area contributed by atoms with Gasteiger partial charge in [0.25, 0.3) is 0 Å². The predicted molar refractivity (Wildman–Crippen MR) is 89.8 cm³/mol. The Balaban J connectivity index is 2.23. The number of nitrogen functional groups attached to an aromatic ring is 1. The van der Waals surface area contributed by atoms with Gasteiger partial charge in [-0.15, -0.1) is 0 Å². The first-order valence-corrected chi connectivity index (χ1v) is 7.30. The quantitative estimate of drug-likeness (QED) is 0.920. The SMILES string of the molecule is COc1ncc(-c2cncc(OC(=O)N(C)C(C)(C)C)n2)cc1N. The zero-order chi connectivity index (χ0) is 17.9. The molecule has 128 valence electrons. The van der Waals surface area contributed by atoms with Gasteiger partial charge in [0.05, 0.1) is 30.9 Å². The second-order valence-corrected chi connectivity index (χ2v) is 6.16. The maximum atomic E-state index is 12.1. The summed E-state index contributed by atoms with van der Waals surface area (Å²) in [5, 5.41) is 0. The number of carbonyl (C=O) groups is 1. The van der Waals surface area contributed by atoms with Gasteiger partial charge in [-0.1, -0.05) is 0 Å². The predicted octanol–water partition coefficient (Wildman–Crippen LogP) is 2.36. The molecule has 2 N–H and O–H groups in total. The van der Waals surface area contributed by atoms with Gasteiger partial charge < -0.3 is 20.1 Å². The van der Waals surface area contributed by atoms with E-state index in [0.29, 0.717) is 22.8 Å². The molecule has 0 saturated carbocycles. The zero-order valence-electron chi connectivity index (χ0n) is 14.4. The molecule has 0 bridgehead atoms. The fourth-order valence-corrected chi connectivity index (χ4v) is 1.75. The smallest absolute Gasteiger partial charge is 0.416 e. The fraction of sp³-hybridized carbons (Fsp3) is 0.375. The molecule has 0 aliphatic carbocycles. The van der Waals surface area contributed by atoms with Gasteiger partial charge in [-0.2, -0.15) is 0 Å². The van der Waals surface area contributed by atoms with Crippen LogP contribution in [0.2, 0.25) is 0 Å². The van der Waals surface area contributed by atoms with E-state index < -0.39 is 6.09 Å². The summed E-state index contributed by atoms with van der Waals surface area (Å²) >= 11 is 0. The lowest BCUT2D eigenvalue weighted by molar-refractivity contribution is 0.123. The first-order chi connectivity index (χ1) is 11.2. The summed E-state index contributed by atoms with van der Waals surface area (Å²) in [7, 11) is 3.15. The number of methoxy groups -OCH3 is 1. The minimum absolute atomic E-state index is 0.1000. The molecule has 0 aliphatic heterocycles. The molecule has 0 saturated heterocycles. The Labute approximate surface area is 140 Å². The molecular weight excluding hydrogens is 310 g/mol. The molecule has 0 aromatic carbocycles. The molecule has 0 aliphatic rings. The number of ether oxygens (including phenoxy) is 2. The average Bonchev–Trinajstić information content (AvgIpc) is 2.53. The average molecular weight is 331 g/mol. The van der Waals surface area contributed by atoms with Crippen LogP contribution in [-0.4, -0.2) is 45.6 Å². The van der Waals surface area contributed by atoms with Crippen LogP contribution in [0.3, 0.4) is 0 Å². The Kier molecular flexibility index (Phi) is 4.87. The highest BCUT2D eigenvalue weighted by Gasteiger charge is 2.24. The van der Waals surface area contributed by atoms with Gasteiger partial charge in [0, 0.05) is 24.3 Å². The van der Waals surface area contributed by atoms with Crippen molar-refractivity contribution in [2.75, 3.05) is 19.9 Å². The number of carbonyl (C=O) groups excluding carboxylic acids is 1. The second kappa shape index (κ2) is 6.69. The number of amides is 1. The first kappa shape index (κ1) is 17.5. The molecule has 2 heterocycles. The monoisotopic (exact) mass is 331 g/mol. The molecule has 24 heavy (non-hydrogen) atoms. The Morgan fingerprint density at radius 3 is 2.54 bits per heavy atom. The number of anilines is 1. The van der Waals surface area contributed by atoms with Crippen molar-refractivity contribution in [1.29, 1.82) is 0 Å². The van der Waals surface area contributed by atoms with Crippen molar-refractivity contribution < 1.29 is 14.3 Å². The summed E-state index contributed by atoms with van der Waals surface area (Å²) in [6.07, 6.45) is 3.96. The van der Waals surface area contributed by atoms with E-state index >= 15 is 0 Å². The van der Waals surface area contributed by atoms with Crippen LogP contribution in [0.4, 0.5) is 10.5 Å². The fourth-order valence-electron chi connectivity index (χ4n) is 1.75. The van der Waals surface area contributed by atoms with E-state index in [2.05, 4.69) is 15.0 Å². The Hall–Kier alpha value is -2.90. The van der Waals surface area contributed by atoms with Gasteiger partial charge in [-0.3, -0.25) is 4.98 Å². The van der Waals surface area contributed by atoms with Crippen molar-refractivity contribution in [3.8, 4) is 23.0 Å². The zero-order valence-corrected chi connectivity index (χ0v) is 14.4. The van der Waals surface area contributed by atoms with E-state index in [9.17, 15) is 4.79 Å². The maximum Gasteiger partial charge on any atom is 0.416 e. The van der Waals surface area contributed by atoms with E-state index in [-0.39, 0.29) is 11.4 Å². The molecule has 1 amide bonds. The van der Waals surface area contributed by atoms with Gasteiger partial charge >= 0.3 is 6.09 Å². The topological polar surface area (TPSA) is 103 Å². The van der Waals surface area contributed by atoms with Crippen LogP contribution in [0.25, 0.3) is 11.3 Å². The van der Waals surface area contributed by atoms with Crippen LogP contribution < -0.4 is 15.2 Å². The third-order valence-corrected chi connectivity index (χ3v) is 3.45. The van der Waals surface area contributed by atoms with Crippen molar-refractivity contribution in [1.82, 2.24) is 19.9 Å². The van der Waals surface area contributed by atoms with Crippen LogP contribution in [-0.2, 0) is 0 Å². The van der Waals surface area contributed by atoms with Crippen LogP contribution in [0, 0.1) is 0 Å². The summed E-state index contributed by atoms with van der Waals surface area (Å²) < 4.78 is 10.3. The third-order valence-electron chi connectivity index (χ3n) is 3.45. The normalized spacial score (nSPS) is 11.0. The van der Waals surface area contributed by atoms with Crippen LogP contribution in [0.1, 0.15) is 20.8 Å². The number of rotatable bonds is 3. The van der Waals surface area contributed by atoms with Crippen molar-refractivity contribution in [3.63, 3.8) is 0 Å². The lowest BCUT2D eigenvalue weighted by Crippen LogP contribution is -2.44. The van der Waals surface area contributed by atoms with Crippen LogP contribution in [0.5, 0.6) is 11.8 Å². The number of aromatic nitrogens is 3.